The molecule has 0 spiro atoms. The minimum Gasteiger partial charge on any atom is -0.356 e. The molecule has 0 atom stereocenters. The predicted molar refractivity (Wildman–Crippen MR) is 83.5 cm³/mol. The standard InChI is InChI=1S/C14H29N3S/c1-6-14(8-7-9-14)11-17-12(15-4)16-10-13(2,3)18-5/h6-11H2,1-5H3,(H2,15,16,17). The average molecular weight is 271 g/mol. The van der Waals surface area contributed by atoms with E-state index in [0.29, 0.717) is 5.41 Å². The van der Waals surface area contributed by atoms with Gasteiger partial charge in [0.25, 0.3) is 0 Å². The zero-order valence-corrected chi connectivity index (χ0v) is 13.4. The molecule has 3 nitrogen and oxygen atoms in total. The van der Waals surface area contributed by atoms with Crippen LogP contribution < -0.4 is 10.6 Å². The average Bonchev–Trinajstić information content (AvgIpc) is 2.32. The van der Waals surface area contributed by atoms with Gasteiger partial charge in [-0.15, -0.1) is 0 Å². The zero-order valence-electron chi connectivity index (χ0n) is 12.6. The second-order valence-electron chi connectivity index (χ2n) is 5.95. The molecular weight excluding hydrogens is 242 g/mol. The van der Waals surface area contributed by atoms with Crippen LogP contribution in [-0.2, 0) is 0 Å². The van der Waals surface area contributed by atoms with Crippen molar-refractivity contribution in [3.05, 3.63) is 0 Å². The fourth-order valence-corrected chi connectivity index (χ4v) is 2.41. The van der Waals surface area contributed by atoms with E-state index in [1.807, 2.05) is 18.8 Å². The minimum absolute atomic E-state index is 0.247. The van der Waals surface area contributed by atoms with Gasteiger partial charge in [-0.1, -0.05) is 13.3 Å². The monoisotopic (exact) mass is 271 g/mol. The molecule has 0 aromatic heterocycles. The molecule has 0 bridgehead atoms. The Morgan fingerprint density at radius 2 is 2.00 bits per heavy atom. The summed E-state index contributed by atoms with van der Waals surface area (Å²) in [5.41, 5.74) is 0.534. The van der Waals surface area contributed by atoms with E-state index in [4.69, 9.17) is 0 Å². The quantitative estimate of drug-likeness (QED) is 0.576. The van der Waals surface area contributed by atoms with Crippen molar-refractivity contribution in [2.45, 2.75) is 51.2 Å². The summed E-state index contributed by atoms with van der Waals surface area (Å²) in [6.07, 6.45) is 7.54. The van der Waals surface area contributed by atoms with Gasteiger partial charge in [-0.2, -0.15) is 11.8 Å². The maximum absolute atomic E-state index is 4.31. The molecule has 1 aliphatic rings. The number of hydrogen-bond donors (Lipinski definition) is 2. The summed E-state index contributed by atoms with van der Waals surface area (Å²) in [4.78, 5) is 4.31. The van der Waals surface area contributed by atoms with Crippen molar-refractivity contribution < 1.29 is 0 Å². The highest BCUT2D eigenvalue weighted by atomic mass is 32.2. The number of hydrogen-bond acceptors (Lipinski definition) is 2. The molecule has 0 saturated heterocycles. The molecule has 0 amide bonds. The molecule has 2 N–H and O–H groups in total. The maximum atomic E-state index is 4.31. The van der Waals surface area contributed by atoms with Crippen LogP contribution in [-0.4, -0.2) is 37.1 Å². The summed E-state index contributed by atoms with van der Waals surface area (Å²) in [6, 6.07) is 0. The summed E-state index contributed by atoms with van der Waals surface area (Å²) in [7, 11) is 1.85. The van der Waals surface area contributed by atoms with Crippen LogP contribution in [0.4, 0.5) is 0 Å². The van der Waals surface area contributed by atoms with Crippen molar-refractivity contribution in [1.29, 1.82) is 0 Å². The largest absolute Gasteiger partial charge is 0.356 e. The first-order valence-corrected chi connectivity index (χ1v) is 8.19. The Morgan fingerprint density at radius 1 is 1.33 bits per heavy atom. The number of nitrogens with zero attached hydrogens (tertiary/aromatic N) is 1. The number of rotatable bonds is 6. The number of guanidine groups is 1. The summed E-state index contributed by atoms with van der Waals surface area (Å²) in [5.74, 6) is 0.942. The fraction of sp³-hybridized carbons (Fsp3) is 0.929. The van der Waals surface area contributed by atoms with Gasteiger partial charge in [0.15, 0.2) is 5.96 Å². The molecule has 1 rings (SSSR count). The van der Waals surface area contributed by atoms with E-state index in [0.717, 1.165) is 19.0 Å². The molecule has 1 fully saturated rings. The van der Waals surface area contributed by atoms with E-state index in [9.17, 15) is 0 Å². The fourth-order valence-electron chi connectivity index (χ4n) is 2.19. The first kappa shape index (κ1) is 15.7. The number of aliphatic imine (C=N–C) groups is 1. The van der Waals surface area contributed by atoms with Gasteiger partial charge >= 0.3 is 0 Å². The smallest absolute Gasteiger partial charge is 0.191 e. The molecule has 1 saturated carbocycles. The zero-order chi connectivity index (χ0) is 13.6. The van der Waals surface area contributed by atoms with E-state index in [1.165, 1.54) is 25.7 Å². The molecule has 0 aromatic rings. The van der Waals surface area contributed by atoms with Crippen molar-refractivity contribution in [3.8, 4) is 0 Å². The third-order valence-corrected chi connectivity index (χ3v) is 5.50. The summed E-state index contributed by atoms with van der Waals surface area (Å²) < 4.78 is 0.247. The SMILES string of the molecule is CCC1(CNC(=NC)NCC(C)(C)SC)CCC1. The molecular formula is C14H29N3S. The highest BCUT2D eigenvalue weighted by molar-refractivity contribution is 7.99. The lowest BCUT2D eigenvalue weighted by atomic mass is 9.67. The van der Waals surface area contributed by atoms with Crippen molar-refractivity contribution in [3.63, 3.8) is 0 Å². The Labute approximate surface area is 117 Å². The van der Waals surface area contributed by atoms with Crippen molar-refractivity contribution in [1.82, 2.24) is 10.6 Å². The Balaban J connectivity index is 2.34. The molecule has 0 radical (unpaired) electrons. The first-order valence-electron chi connectivity index (χ1n) is 6.97. The maximum Gasteiger partial charge on any atom is 0.191 e. The van der Waals surface area contributed by atoms with E-state index in [2.05, 4.69) is 42.7 Å². The summed E-state index contributed by atoms with van der Waals surface area (Å²) in [6.45, 7) is 8.79. The minimum atomic E-state index is 0.247. The molecule has 0 heterocycles. The summed E-state index contributed by atoms with van der Waals surface area (Å²) in [5, 5.41) is 6.91. The Morgan fingerprint density at radius 3 is 2.39 bits per heavy atom. The van der Waals surface area contributed by atoms with Gasteiger partial charge in [0.1, 0.15) is 0 Å². The van der Waals surface area contributed by atoms with Gasteiger partial charge in [0.05, 0.1) is 0 Å². The lowest BCUT2D eigenvalue weighted by molar-refractivity contribution is 0.131. The van der Waals surface area contributed by atoms with E-state index >= 15 is 0 Å². The third kappa shape index (κ3) is 4.38. The highest BCUT2D eigenvalue weighted by Gasteiger charge is 2.34. The van der Waals surface area contributed by atoms with Gasteiger partial charge in [-0.05, 0) is 44.8 Å². The Kier molecular flexibility index (Phi) is 5.83. The van der Waals surface area contributed by atoms with Crippen LogP contribution in [0.25, 0.3) is 0 Å². The van der Waals surface area contributed by atoms with Crippen molar-refractivity contribution in [2.75, 3.05) is 26.4 Å². The molecule has 4 heteroatoms. The van der Waals surface area contributed by atoms with Crippen molar-refractivity contribution in [2.24, 2.45) is 10.4 Å². The number of nitrogens with one attached hydrogen (secondary N) is 2. The van der Waals surface area contributed by atoms with E-state index < -0.39 is 0 Å². The van der Waals surface area contributed by atoms with Gasteiger partial charge in [0.2, 0.25) is 0 Å². The van der Waals surface area contributed by atoms with Crippen LogP contribution in [0.1, 0.15) is 46.5 Å². The topological polar surface area (TPSA) is 36.4 Å². The van der Waals surface area contributed by atoms with Crippen LogP contribution >= 0.6 is 11.8 Å². The highest BCUT2D eigenvalue weighted by Crippen LogP contribution is 2.42. The number of thioether (sulfide) groups is 1. The van der Waals surface area contributed by atoms with Gasteiger partial charge in [-0.25, -0.2) is 0 Å². The van der Waals surface area contributed by atoms with E-state index in [-0.39, 0.29) is 4.75 Å². The summed E-state index contributed by atoms with van der Waals surface area (Å²) >= 11 is 1.88. The van der Waals surface area contributed by atoms with Crippen LogP contribution in [0.15, 0.2) is 4.99 Å². The van der Waals surface area contributed by atoms with Gasteiger partial charge < -0.3 is 10.6 Å². The molecule has 18 heavy (non-hydrogen) atoms. The molecule has 0 aromatic carbocycles. The predicted octanol–water partition coefficient (Wildman–Crippen LogP) is 2.87. The second-order valence-corrected chi connectivity index (χ2v) is 7.46. The van der Waals surface area contributed by atoms with Gasteiger partial charge in [0, 0.05) is 24.9 Å². The normalized spacial score (nSPS) is 19.3. The lowest BCUT2D eigenvalue weighted by Gasteiger charge is -2.41. The van der Waals surface area contributed by atoms with Crippen LogP contribution in [0, 0.1) is 5.41 Å². The van der Waals surface area contributed by atoms with Crippen LogP contribution in [0.5, 0.6) is 0 Å². The Hall–Kier alpha value is -0.380. The molecule has 1 aliphatic carbocycles. The second kappa shape index (κ2) is 6.69. The van der Waals surface area contributed by atoms with Crippen LogP contribution in [0.3, 0.4) is 0 Å². The lowest BCUT2D eigenvalue weighted by Crippen LogP contribution is -2.48. The van der Waals surface area contributed by atoms with Gasteiger partial charge in [-0.3, -0.25) is 4.99 Å². The Bertz CT molecular complexity index is 277. The third-order valence-electron chi connectivity index (χ3n) is 4.25. The first-order chi connectivity index (χ1) is 8.47. The molecule has 0 unspecified atom stereocenters. The van der Waals surface area contributed by atoms with E-state index in [1.54, 1.807) is 0 Å². The molecule has 106 valence electrons. The van der Waals surface area contributed by atoms with Crippen LogP contribution in [0.2, 0.25) is 0 Å². The molecule has 0 aliphatic heterocycles. The van der Waals surface area contributed by atoms with Crippen molar-refractivity contribution >= 4 is 17.7 Å².